The quantitative estimate of drug-likeness (QED) is 0.871. The highest BCUT2D eigenvalue weighted by Crippen LogP contribution is 2.26. The molecule has 0 saturated heterocycles. The van der Waals surface area contributed by atoms with Crippen LogP contribution < -0.4 is 14.8 Å². The van der Waals surface area contributed by atoms with Crippen LogP contribution in [0.25, 0.3) is 0 Å². The van der Waals surface area contributed by atoms with Crippen molar-refractivity contribution < 1.29 is 9.47 Å². The van der Waals surface area contributed by atoms with Crippen molar-refractivity contribution in [3.05, 3.63) is 59.7 Å². The molecule has 0 aliphatic rings. The van der Waals surface area contributed by atoms with Gasteiger partial charge in [0, 0.05) is 17.2 Å². The van der Waals surface area contributed by atoms with Crippen molar-refractivity contribution in [2.45, 2.75) is 19.6 Å². The van der Waals surface area contributed by atoms with E-state index in [4.69, 9.17) is 9.47 Å². The maximum Gasteiger partial charge on any atom is 0.125 e. The maximum absolute atomic E-state index is 5.97. The van der Waals surface area contributed by atoms with E-state index < -0.39 is 0 Å². The molecule has 2 aromatic carbocycles. The first-order valence-electron chi connectivity index (χ1n) is 6.77. The summed E-state index contributed by atoms with van der Waals surface area (Å²) in [6.45, 7) is 2.61. The lowest BCUT2D eigenvalue weighted by atomic mass is 10.1. The molecule has 2 rings (SSSR count). The van der Waals surface area contributed by atoms with Gasteiger partial charge in [-0.25, -0.2) is 0 Å². The number of hydrogen-bond donors (Lipinski definition) is 1. The van der Waals surface area contributed by atoms with E-state index in [9.17, 15) is 0 Å². The average Bonchev–Trinajstić information content (AvgIpc) is 2.52. The van der Waals surface area contributed by atoms with E-state index in [0.29, 0.717) is 6.61 Å². The SMILES string of the molecule is CNC(C)c1ccccc1OCc1ccccc1OC. The molecule has 3 heteroatoms. The van der Waals surface area contributed by atoms with E-state index in [0.717, 1.165) is 22.6 Å². The number of ether oxygens (including phenoxy) is 2. The lowest BCUT2D eigenvalue weighted by molar-refractivity contribution is 0.291. The minimum atomic E-state index is 0.254. The molecule has 0 amide bonds. The van der Waals surface area contributed by atoms with Crippen molar-refractivity contribution in [1.82, 2.24) is 5.32 Å². The molecule has 0 saturated carbocycles. The number of rotatable bonds is 6. The van der Waals surface area contributed by atoms with E-state index in [1.165, 1.54) is 0 Å². The molecule has 2 aromatic rings. The monoisotopic (exact) mass is 271 g/mol. The summed E-state index contributed by atoms with van der Waals surface area (Å²) >= 11 is 0. The Hall–Kier alpha value is -2.00. The fraction of sp³-hybridized carbons (Fsp3) is 0.294. The van der Waals surface area contributed by atoms with Crippen molar-refractivity contribution in [1.29, 1.82) is 0 Å². The Bertz CT molecular complexity index is 554. The summed E-state index contributed by atoms with van der Waals surface area (Å²) in [7, 11) is 3.62. The molecule has 0 aliphatic carbocycles. The molecule has 1 atom stereocenters. The number of benzene rings is 2. The van der Waals surface area contributed by atoms with Crippen LogP contribution >= 0.6 is 0 Å². The Morgan fingerprint density at radius 1 is 1.00 bits per heavy atom. The summed E-state index contributed by atoms with van der Waals surface area (Å²) in [5.41, 5.74) is 2.20. The molecule has 0 aliphatic heterocycles. The maximum atomic E-state index is 5.97. The fourth-order valence-corrected chi connectivity index (χ4v) is 2.10. The zero-order valence-corrected chi connectivity index (χ0v) is 12.2. The summed E-state index contributed by atoms with van der Waals surface area (Å²) in [4.78, 5) is 0. The van der Waals surface area contributed by atoms with E-state index in [1.807, 2.05) is 49.5 Å². The van der Waals surface area contributed by atoms with Crippen molar-refractivity contribution in [3.63, 3.8) is 0 Å². The number of hydrogen-bond acceptors (Lipinski definition) is 3. The standard InChI is InChI=1S/C17H21NO2/c1-13(18-2)15-9-5-7-11-17(15)20-12-14-8-4-6-10-16(14)19-3/h4-11,13,18H,12H2,1-3H3. The van der Waals surface area contributed by atoms with Gasteiger partial charge in [-0.1, -0.05) is 36.4 Å². The van der Waals surface area contributed by atoms with Gasteiger partial charge in [0.25, 0.3) is 0 Å². The zero-order chi connectivity index (χ0) is 14.4. The van der Waals surface area contributed by atoms with Crippen LogP contribution in [0.15, 0.2) is 48.5 Å². The first-order chi connectivity index (χ1) is 9.76. The Morgan fingerprint density at radius 2 is 1.65 bits per heavy atom. The molecule has 0 aromatic heterocycles. The molecule has 20 heavy (non-hydrogen) atoms. The van der Waals surface area contributed by atoms with Gasteiger partial charge in [-0.3, -0.25) is 0 Å². The number of nitrogens with one attached hydrogen (secondary N) is 1. The molecule has 1 unspecified atom stereocenters. The largest absolute Gasteiger partial charge is 0.496 e. The van der Waals surface area contributed by atoms with Gasteiger partial charge in [0.1, 0.15) is 18.1 Å². The molecule has 1 N–H and O–H groups in total. The summed E-state index contributed by atoms with van der Waals surface area (Å²) in [6.07, 6.45) is 0. The summed E-state index contributed by atoms with van der Waals surface area (Å²) in [5, 5.41) is 3.24. The molecule has 3 nitrogen and oxygen atoms in total. The first kappa shape index (κ1) is 14.4. The molecule has 0 heterocycles. The van der Waals surface area contributed by atoms with Crippen molar-refractivity contribution in [2.24, 2.45) is 0 Å². The van der Waals surface area contributed by atoms with Crippen molar-refractivity contribution in [3.8, 4) is 11.5 Å². The van der Waals surface area contributed by atoms with Crippen LogP contribution in [0.1, 0.15) is 24.1 Å². The van der Waals surface area contributed by atoms with E-state index in [1.54, 1.807) is 7.11 Å². The Morgan fingerprint density at radius 3 is 2.35 bits per heavy atom. The van der Waals surface area contributed by atoms with Gasteiger partial charge in [-0.05, 0) is 26.1 Å². The zero-order valence-electron chi connectivity index (χ0n) is 12.2. The second kappa shape index (κ2) is 6.96. The third-order valence-electron chi connectivity index (χ3n) is 3.39. The molecular formula is C17H21NO2. The molecular weight excluding hydrogens is 250 g/mol. The highest BCUT2D eigenvalue weighted by molar-refractivity contribution is 5.37. The highest BCUT2D eigenvalue weighted by atomic mass is 16.5. The van der Waals surface area contributed by atoms with Crippen LogP contribution in [0.2, 0.25) is 0 Å². The van der Waals surface area contributed by atoms with Crippen LogP contribution in [0.4, 0.5) is 0 Å². The minimum Gasteiger partial charge on any atom is -0.496 e. The topological polar surface area (TPSA) is 30.5 Å². The summed E-state index contributed by atoms with van der Waals surface area (Å²) in [5.74, 6) is 1.76. The Kier molecular flexibility index (Phi) is 5.02. The predicted octanol–water partition coefficient (Wildman–Crippen LogP) is 3.55. The average molecular weight is 271 g/mol. The van der Waals surface area contributed by atoms with E-state index >= 15 is 0 Å². The molecule has 106 valence electrons. The first-order valence-corrected chi connectivity index (χ1v) is 6.77. The molecule has 0 bridgehead atoms. The molecule has 0 spiro atoms. The van der Waals surface area contributed by atoms with Gasteiger partial charge in [0.2, 0.25) is 0 Å². The highest BCUT2D eigenvalue weighted by Gasteiger charge is 2.10. The Labute approximate surface area is 120 Å². The normalized spacial score (nSPS) is 11.9. The Balaban J connectivity index is 2.15. The third kappa shape index (κ3) is 3.31. The van der Waals surface area contributed by atoms with E-state index in [2.05, 4.69) is 18.3 Å². The fourth-order valence-electron chi connectivity index (χ4n) is 2.10. The number of para-hydroxylation sites is 2. The van der Waals surface area contributed by atoms with Crippen LogP contribution in [-0.4, -0.2) is 14.2 Å². The van der Waals surface area contributed by atoms with Gasteiger partial charge in [0.15, 0.2) is 0 Å². The van der Waals surface area contributed by atoms with Crippen LogP contribution in [0, 0.1) is 0 Å². The second-order valence-electron chi connectivity index (χ2n) is 4.65. The molecule has 0 radical (unpaired) electrons. The van der Waals surface area contributed by atoms with Crippen molar-refractivity contribution >= 4 is 0 Å². The van der Waals surface area contributed by atoms with Gasteiger partial charge in [-0.2, -0.15) is 0 Å². The number of methoxy groups -OCH3 is 1. The third-order valence-corrected chi connectivity index (χ3v) is 3.39. The predicted molar refractivity (Wildman–Crippen MR) is 81.2 cm³/mol. The summed E-state index contributed by atoms with van der Waals surface area (Å²) < 4.78 is 11.3. The van der Waals surface area contributed by atoms with Gasteiger partial charge < -0.3 is 14.8 Å². The summed E-state index contributed by atoms with van der Waals surface area (Å²) in [6, 6.07) is 16.3. The van der Waals surface area contributed by atoms with E-state index in [-0.39, 0.29) is 6.04 Å². The lowest BCUT2D eigenvalue weighted by Crippen LogP contribution is -2.13. The van der Waals surface area contributed by atoms with Crippen LogP contribution in [-0.2, 0) is 6.61 Å². The lowest BCUT2D eigenvalue weighted by Gasteiger charge is -2.17. The minimum absolute atomic E-state index is 0.254. The van der Waals surface area contributed by atoms with Gasteiger partial charge in [-0.15, -0.1) is 0 Å². The van der Waals surface area contributed by atoms with Crippen molar-refractivity contribution in [2.75, 3.05) is 14.2 Å². The smallest absolute Gasteiger partial charge is 0.125 e. The molecule has 0 fully saturated rings. The van der Waals surface area contributed by atoms with Gasteiger partial charge >= 0.3 is 0 Å². The second-order valence-corrected chi connectivity index (χ2v) is 4.65. The van der Waals surface area contributed by atoms with Crippen LogP contribution in [0.3, 0.4) is 0 Å². The van der Waals surface area contributed by atoms with Crippen LogP contribution in [0.5, 0.6) is 11.5 Å². The van der Waals surface area contributed by atoms with Gasteiger partial charge in [0.05, 0.1) is 7.11 Å².